The third kappa shape index (κ3) is 7.40. The Morgan fingerprint density at radius 1 is 1.29 bits per heavy atom. The first-order chi connectivity index (χ1) is 13.4. The van der Waals surface area contributed by atoms with Crippen LogP contribution in [0.5, 0.6) is 0 Å². The van der Waals surface area contributed by atoms with Crippen molar-refractivity contribution >= 4 is 49.1 Å². The number of hydrogen-bond donors (Lipinski definition) is 2. The fraction of sp³-hybridized carbons (Fsp3) is 0.211. The number of nitrogens with one attached hydrogen (secondary N) is 2. The van der Waals surface area contributed by atoms with Crippen molar-refractivity contribution in [3.05, 3.63) is 69.0 Å². The van der Waals surface area contributed by atoms with Gasteiger partial charge in [-0.3, -0.25) is 4.98 Å². The predicted octanol–water partition coefficient (Wildman–Crippen LogP) is 3.82. The minimum absolute atomic E-state index is 0.160. The summed E-state index contributed by atoms with van der Waals surface area (Å²) in [7, 11) is -3.64. The first kappa shape index (κ1) is 22.6. The molecule has 0 bridgehead atoms. The van der Waals surface area contributed by atoms with E-state index in [9.17, 15) is 8.42 Å². The van der Waals surface area contributed by atoms with Gasteiger partial charge in [-0.1, -0.05) is 17.5 Å². The van der Waals surface area contributed by atoms with E-state index in [-0.39, 0.29) is 11.4 Å². The average Bonchev–Trinajstić information content (AvgIpc) is 2.67. The number of nitrogens with zero attached hydrogens (tertiary/aromatic N) is 1. The van der Waals surface area contributed by atoms with Crippen LogP contribution in [0.25, 0.3) is 0 Å². The quantitative estimate of drug-likeness (QED) is 0.382. The Hall–Kier alpha value is -1.66. The minimum atomic E-state index is -3.64. The highest BCUT2D eigenvalue weighted by molar-refractivity contribution is 9.10. The van der Waals surface area contributed by atoms with Crippen LogP contribution in [0.15, 0.2) is 63.2 Å². The first-order valence-electron chi connectivity index (χ1n) is 8.23. The lowest BCUT2D eigenvalue weighted by Gasteiger charge is -2.12. The number of rotatable bonds is 10. The molecule has 1 aromatic carbocycles. The van der Waals surface area contributed by atoms with Gasteiger partial charge in [-0.15, -0.1) is 6.42 Å². The van der Waals surface area contributed by atoms with Crippen molar-refractivity contribution in [1.82, 2.24) is 15.6 Å². The summed E-state index contributed by atoms with van der Waals surface area (Å²) in [4.78, 5) is 4.48. The number of benzene rings is 1. The molecule has 2 aromatic rings. The molecule has 0 aliphatic heterocycles. The molecule has 0 spiro atoms. The number of thioether (sulfide) groups is 1. The Morgan fingerprint density at radius 2 is 2.04 bits per heavy atom. The van der Waals surface area contributed by atoms with E-state index < -0.39 is 9.84 Å². The van der Waals surface area contributed by atoms with Gasteiger partial charge in [-0.2, -0.15) is 11.8 Å². The standard InChI is InChI=1S/C19H19BrClN3O2S2/c1-2-9-23-19(14-28(25,26)16-7-5-15(21)6-8-16)24-11-12-27-13-18-17(20)4-3-10-22-18/h1,3-8,10,14,23-24H,9,11-13H2. The lowest BCUT2D eigenvalue weighted by Crippen LogP contribution is -2.29. The molecule has 5 nitrogen and oxygen atoms in total. The van der Waals surface area contributed by atoms with Crippen molar-refractivity contribution in [2.75, 3.05) is 18.8 Å². The molecule has 2 rings (SSSR count). The van der Waals surface area contributed by atoms with Crippen molar-refractivity contribution in [2.45, 2.75) is 10.6 Å². The maximum Gasteiger partial charge on any atom is 0.203 e. The lowest BCUT2D eigenvalue weighted by atomic mass is 10.4. The molecule has 1 aromatic heterocycles. The van der Waals surface area contributed by atoms with Crippen molar-refractivity contribution in [3.8, 4) is 12.3 Å². The first-order valence-corrected chi connectivity index (χ1v) is 12.1. The number of hydrogen-bond acceptors (Lipinski definition) is 6. The van der Waals surface area contributed by atoms with E-state index in [0.29, 0.717) is 17.4 Å². The SMILES string of the molecule is C#CCNC(=CS(=O)(=O)c1ccc(Cl)cc1)NCCSCc1ncccc1Br. The van der Waals surface area contributed by atoms with Crippen LogP contribution >= 0.6 is 39.3 Å². The zero-order valence-electron chi connectivity index (χ0n) is 14.9. The molecule has 0 unspecified atom stereocenters. The molecule has 1 heterocycles. The molecule has 0 saturated heterocycles. The topological polar surface area (TPSA) is 71.1 Å². The fourth-order valence-corrected chi connectivity index (χ4v) is 4.74. The molecule has 0 radical (unpaired) electrons. The van der Waals surface area contributed by atoms with Gasteiger partial charge >= 0.3 is 0 Å². The van der Waals surface area contributed by atoms with Crippen molar-refractivity contribution < 1.29 is 8.42 Å². The maximum absolute atomic E-state index is 12.6. The number of terminal acetylenes is 1. The second-order valence-corrected chi connectivity index (χ2v) is 9.69. The molecule has 0 saturated carbocycles. The van der Waals surface area contributed by atoms with Crippen LogP contribution in [-0.4, -0.2) is 32.2 Å². The van der Waals surface area contributed by atoms with Crippen LogP contribution < -0.4 is 10.6 Å². The molecule has 28 heavy (non-hydrogen) atoms. The Balaban J connectivity index is 1.95. The van der Waals surface area contributed by atoms with Crippen LogP contribution in [0, 0.1) is 12.3 Å². The number of sulfone groups is 1. The van der Waals surface area contributed by atoms with Gasteiger partial charge in [0.2, 0.25) is 9.84 Å². The molecule has 0 aliphatic rings. The Kier molecular flexibility index (Phi) is 9.19. The summed E-state index contributed by atoms with van der Waals surface area (Å²) in [6, 6.07) is 9.83. The van der Waals surface area contributed by atoms with E-state index >= 15 is 0 Å². The second kappa shape index (κ2) is 11.4. The molecule has 0 fully saturated rings. The third-order valence-electron chi connectivity index (χ3n) is 3.43. The van der Waals surface area contributed by atoms with Crippen LogP contribution in [0.1, 0.15) is 5.69 Å². The summed E-state index contributed by atoms with van der Waals surface area (Å²) < 4.78 is 26.1. The minimum Gasteiger partial charge on any atom is -0.370 e. The maximum atomic E-state index is 12.6. The van der Waals surface area contributed by atoms with E-state index in [0.717, 1.165) is 27.1 Å². The fourth-order valence-electron chi connectivity index (χ4n) is 2.09. The van der Waals surface area contributed by atoms with Crippen LogP contribution in [-0.2, 0) is 15.6 Å². The summed E-state index contributed by atoms with van der Waals surface area (Å²) in [5.41, 5.74) is 0.971. The highest BCUT2D eigenvalue weighted by atomic mass is 79.9. The Bertz CT molecular complexity index is 958. The monoisotopic (exact) mass is 499 g/mol. The van der Waals surface area contributed by atoms with E-state index in [1.807, 2.05) is 12.1 Å². The highest BCUT2D eigenvalue weighted by Crippen LogP contribution is 2.19. The van der Waals surface area contributed by atoms with Crippen molar-refractivity contribution in [2.24, 2.45) is 0 Å². The van der Waals surface area contributed by atoms with E-state index in [1.165, 1.54) is 24.3 Å². The summed E-state index contributed by atoms with van der Waals surface area (Å²) in [5, 5.41) is 7.61. The average molecular weight is 501 g/mol. The van der Waals surface area contributed by atoms with Crippen LogP contribution in [0.2, 0.25) is 5.02 Å². The molecule has 148 valence electrons. The van der Waals surface area contributed by atoms with Gasteiger partial charge in [0.05, 0.1) is 22.5 Å². The summed E-state index contributed by atoms with van der Waals surface area (Å²) in [6.07, 6.45) is 7.03. The molecular formula is C19H19BrClN3O2S2. The van der Waals surface area contributed by atoms with Gasteiger partial charge in [0.15, 0.2) is 0 Å². The zero-order valence-corrected chi connectivity index (χ0v) is 18.8. The molecule has 2 N–H and O–H groups in total. The largest absolute Gasteiger partial charge is 0.370 e. The number of aromatic nitrogens is 1. The summed E-state index contributed by atoms with van der Waals surface area (Å²) in [6.45, 7) is 0.775. The lowest BCUT2D eigenvalue weighted by molar-refractivity contribution is 0.603. The number of pyridine rings is 1. The van der Waals surface area contributed by atoms with E-state index in [2.05, 4.69) is 37.5 Å². The van der Waals surface area contributed by atoms with Gasteiger partial charge < -0.3 is 10.6 Å². The highest BCUT2D eigenvalue weighted by Gasteiger charge is 2.13. The predicted molar refractivity (Wildman–Crippen MR) is 120 cm³/mol. The molecule has 0 amide bonds. The van der Waals surface area contributed by atoms with Crippen molar-refractivity contribution in [3.63, 3.8) is 0 Å². The second-order valence-electron chi connectivity index (χ2n) is 5.50. The Labute approximate surface area is 183 Å². The molecule has 0 aliphatic carbocycles. The number of halogens is 2. The van der Waals surface area contributed by atoms with Gasteiger partial charge in [0.25, 0.3) is 0 Å². The smallest absolute Gasteiger partial charge is 0.203 e. The molecular weight excluding hydrogens is 482 g/mol. The summed E-state index contributed by atoms with van der Waals surface area (Å²) >= 11 is 11.0. The molecule has 9 heteroatoms. The van der Waals surface area contributed by atoms with Gasteiger partial charge in [0, 0.05) is 33.7 Å². The zero-order chi connectivity index (χ0) is 20.4. The molecule has 0 atom stereocenters. The van der Waals surface area contributed by atoms with E-state index in [1.54, 1.807) is 18.0 Å². The van der Waals surface area contributed by atoms with Crippen LogP contribution in [0.3, 0.4) is 0 Å². The van der Waals surface area contributed by atoms with Crippen LogP contribution in [0.4, 0.5) is 0 Å². The third-order valence-corrected chi connectivity index (χ3v) is 6.85. The normalized spacial score (nSPS) is 11.7. The van der Waals surface area contributed by atoms with Gasteiger partial charge in [-0.25, -0.2) is 8.42 Å². The van der Waals surface area contributed by atoms with E-state index in [4.69, 9.17) is 18.0 Å². The van der Waals surface area contributed by atoms with Crippen molar-refractivity contribution in [1.29, 1.82) is 0 Å². The Morgan fingerprint density at radius 3 is 2.71 bits per heavy atom. The van der Waals surface area contributed by atoms with Gasteiger partial charge in [-0.05, 0) is 52.3 Å². The summed E-state index contributed by atoms with van der Waals surface area (Å²) in [5.74, 6) is 4.31. The van der Waals surface area contributed by atoms with Gasteiger partial charge in [0.1, 0.15) is 5.82 Å².